The Morgan fingerprint density at radius 1 is 0.688 bits per heavy atom. The van der Waals surface area contributed by atoms with Gasteiger partial charge in [0, 0.05) is 0 Å². The molecule has 81 valence electrons. The van der Waals surface area contributed by atoms with Crippen LogP contribution in [0.15, 0.2) is 48.5 Å². The molecule has 0 aliphatic rings. The molecule has 0 spiro atoms. The van der Waals surface area contributed by atoms with Gasteiger partial charge >= 0.3 is 0 Å². The molecular weight excluding hydrogens is 322 g/mol. The second-order valence-electron chi connectivity index (χ2n) is 3.86. The second kappa shape index (κ2) is 6.44. The van der Waals surface area contributed by atoms with Crippen molar-refractivity contribution in [3.8, 4) is 0 Å². The SMILES string of the molecule is Cc1cccc[c]1[Al][c]1ccccc1C.I. The van der Waals surface area contributed by atoms with Crippen molar-refractivity contribution in [3.63, 3.8) is 0 Å². The molecule has 2 aromatic carbocycles. The lowest BCUT2D eigenvalue weighted by Crippen LogP contribution is -2.30. The molecule has 0 N–H and O–H groups in total. The highest BCUT2D eigenvalue weighted by molar-refractivity contribution is 14.0. The molecule has 0 fully saturated rings. The summed E-state index contributed by atoms with van der Waals surface area (Å²) in [6, 6.07) is 17.4. The van der Waals surface area contributed by atoms with E-state index in [0.717, 1.165) is 0 Å². The van der Waals surface area contributed by atoms with E-state index in [1.807, 2.05) is 0 Å². The predicted octanol–water partition coefficient (Wildman–Crippen LogP) is 2.58. The molecule has 0 aliphatic heterocycles. The zero-order chi connectivity index (χ0) is 10.7. The molecule has 0 heterocycles. The molecule has 0 bridgehead atoms. The molecule has 16 heavy (non-hydrogen) atoms. The van der Waals surface area contributed by atoms with Crippen molar-refractivity contribution in [3.05, 3.63) is 59.7 Å². The smallest absolute Gasteiger partial charge is 0.114 e. The third-order valence-corrected chi connectivity index (χ3v) is 4.61. The summed E-state index contributed by atoms with van der Waals surface area (Å²) < 4.78 is 3.01. The van der Waals surface area contributed by atoms with Crippen molar-refractivity contribution < 1.29 is 0 Å². The normalized spacial score (nSPS) is 9.38. The van der Waals surface area contributed by atoms with E-state index in [4.69, 9.17) is 0 Å². The van der Waals surface area contributed by atoms with Gasteiger partial charge in [0.05, 0.1) is 0 Å². The lowest BCUT2D eigenvalue weighted by Gasteiger charge is -2.06. The maximum Gasteiger partial charge on any atom is 0.299 e. The molecule has 0 unspecified atom stereocenters. The number of aryl methyl sites for hydroxylation is 2. The fourth-order valence-electron chi connectivity index (χ4n) is 1.67. The maximum atomic E-state index is 2.25. The highest BCUT2D eigenvalue weighted by atomic mass is 127. The summed E-state index contributed by atoms with van der Waals surface area (Å²) in [6.07, 6.45) is 0. The van der Waals surface area contributed by atoms with Gasteiger partial charge in [-0.3, -0.25) is 0 Å². The fourth-order valence-corrected chi connectivity index (χ4v) is 3.06. The van der Waals surface area contributed by atoms with Crippen LogP contribution in [0.1, 0.15) is 11.1 Å². The van der Waals surface area contributed by atoms with Crippen LogP contribution in [0.25, 0.3) is 0 Å². The molecule has 2 aromatic rings. The van der Waals surface area contributed by atoms with Crippen molar-refractivity contribution in [2.75, 3.05) is 0 Å². The van der Waals surface area contributed by atoms with Gasteiger partial charge < -0.3 is 0 Å². The zero-order valence-corrected chi connectivity index (χ0v) is 13.1. The van der Waals surface area contributed by atoms with E-state index in [1.165, 1.54) is 20.0 Å². The number of hydrogen-bond acceptors (Lipinski definition) is 0. The Kier molecular flexibility index (Phi) is 5.54. The molecule has 0 saturated carbocycles. The van der Waals surface area contributed by atoms with Crippen LogP contribution >= 0.6 is 24.0 Å². The maximum absolute atomic E-state index is 2.25. The highest BCUT2D eigenvalue weighted by Gasteiger charge is 2.04. The van der Waals surface area contributed by atoms with Crippen LogP contribution < -0.4 is 8.85 Å². The van der Waals surface area contributed by atoms with Gasteiger partial charge in [-0.1, -0.05) is 59.7 Å². The van der Waals surface area contributed by atoms with E-state index in [-0.39, 0.29) is 39.2 Å². The number of rotatable bonds is 2. The molecule has 2 rings (SSSR count). The summed E-state index contributed by atoms with van der Waals surface area (Å²) in [6.45, 7) is 4.39. The summed E-state index contributed by atoms with van der Waals surface area (Å²) in [5, 5.41) is 0. The fraction of sp³-hybridized carbons (Fsp3) is 0.143. The first-order valence-electron chi connectivity index (χ1n) is 5.23. The van der Waals surface area contributed by atoms with Gasteiger partial charge in [0.25, 0.3) is 15.2 Å². The van der Waals surface area contributed by atoms with Crippen molar-refractivity contribution in [2.45, 2.75) is 13.8 Å². The quantitative estimate of drug-likeness (QED) is 0.584. The third-order valence-electron chi connectivity index (χ3n) is 2.69. The molecule has 0 atom stereocenters. The van der Waals surface area contributed by atoms with Gasteiger partial charge in [-0.05, 0) is 13.8 Å². The van der Waals surface area contributed by atoms with Crippen LogP contribution in [0, 0.1) is 13.8 Å². The standard InChI is InChI=1S/2C7H7.Al.HI/c2*1-7-5-3-2-4-6-7;;/h2*2-5H,1H3;;1H. The number of hydrogen-bond donors (Lipinski definition) is 0. The van der Waals surface area contributed by atoms with E-state index in [2.05, 4.69) is 62.4 Å². The monoisotopic (exact) mass is 337 g/mol. The summed E-state index contributed by atoms with van der Waals surface area (Å²) >= 11 is 0.241. The Hall–Kier alpha value is -0.298. The van der Waals surface area contributed by atoms with Crippen molar-refractivity contribution in [1.82, 2.24) is 0 Å². The van der Waals surface area contributed by atoms with Crippen LogP contribution in [0.3, 0.4) is 0 Å². The van der Waals surface area contributed by atoms with Gasteiger partial charge in [0.15, 0.2) is 0 Å². The third kappa shape index (κ3) is 3.35. The van der Waals surface area contributed by atoms with Crippen LogP contribution in [-0.2, 0) is 0 Å². The Bertz CT molecular complexity index is 422. The Morgan fingerprint density at radius 2 is 1.06 bits per heavy atom. The summed E-state index contributed by atoms with van der Waals surface area (Å²) in [5.74, 6) is 0. The molecule has 0 amide bonds. The van der Waals surface area contributed by atoms with Gasteiger partial charge in [0.1, 0.15) is 0 Å². The highest BCUT2D eigenvalue weighted by Crippen LogP contribution is 1.95. The molecule has 2 heteroatoms. The minimum Gasteiger partial charge on any atom is -0.114 e. The molecule has 0 aliphatic carbocycles. The van der Waals surface area contributed by atoms with Gasteiger partial charge in [-0.2, -0.15) is 0 Å². The van der Waals surface area contributed by atoms with E-state index in [0.29, 0.717) is 0 Å². The van der Waals surface area contributed by atoms with Crippen molar-refractivity contribution in [1.29, 1.82) is 0 Å². The minimum atomic E-state index is 0. The van der Waals surface area contributed by atoms with Gasteiger partial charge in [-0.15, -0.1) is 32.8 Å². The molecular formula is C14H15AlI. The Balaban J connectivity index is 0.00000128. The minimum absolute atomic E-state index is 0. The van der Waals surface area contributed by atoms with Crippen molar-refractivity contribution in [2.24, 2.45) is 0 Å². The van der Waals surface area contributed by atoms with E-state index >= 15 is 0 Å². The largest absolute Gasteiger partial charge is 0.299 e. The van der Waals surface area contributed by atoms with Crippen LogP contribution in [0.2, 0.25) is 0 Å². The van der Waals surface area contributed by atoms with Crippen LogP contribution in [-0.4, -0.2) is 15.2 Å². The van der Waals surface area contributed by atoms with E-state index in [1.54, 1.807) is 0 Å². The summed E-state index contributed by atoms with van der Waals surface area (Å²) in [7, 11) is 0. The van der Waals surface area contributed by atoms with Crippen molar-refractivity contribution >= 4 is 48.0 Å². The van der Waals surface area contributed by atoms with Crippen LogP contribution in [0.5, 0.6) is 0 Å². The number of benzene rings is 2. The first kappa shape index (κ1) is 13.8. The van der Waals surface area contributed by atoms with Crippen LogP contribution in [0.4, 0.5) is 0 Å². The van der Waals surface area contributed by atoms with E-state index < -0.39 is 0 Å². The van der Waals surface area contributed by atoms with E-state index in [9.17, 15) is 0 Å². The Labute approximate surface area is 121 Å². The summed E-state index contributed by atoms with van der Waals surface area (Å²) in [5.41, 5.74) is 2.83. The lowest BCUT2D eigenvalue weighted by molar-refractivity contribution is 1.50. The molecule has 0 aromatic heterocycles. The average Bonchev–Trinajstić information content (AvgIpc) is 2.24. The first-order chi connectivity index (χ1) is 7.27. The zero-order valence-electron chi connectivity index (χ0n) is 9.60. The topological polar surface area (TPSA) is 0 Å². The number of halogens is 1. The van der Waals surface area contributed by atoms with Gasteiger partial charge in [0.2, 0.25) is 0 Å². The average molecular weight is 337 g/mol. The first-order valence-corrected chi connectivity index (χ1v) is 6.39. The lowest BCUT2D eigenvalue weighted by atomic mass is 10.2. The Morgan fingerprint density at radius 3 is 1.44 bits per heavy atom. The second-order valence-corrected chi connectivity index (χ2v) is 5.39. The summed E-state index contributed by atoms with van der Waals surface area (Å²) in [4.78, 5) is 0. The molecule has 0 nitrogen and oxygen atoms in total. The van der Waals surface area contributed by atoms with Gasteiger partial charge in [-0.25, -0.2) is 0 Å². The molecule has 1 radical (unpaired) electrons. The molecule has 0 saturated heterocycles. The predicted molar refractivity (Wildman–Crippen MR) is 82.8 cm³/mol.